The van der Waals surface area contributed by atoms with E-state index in [0.717, 1.165) is 37.5 Å². The third kappa shape index (κ3) is 9.39. The maximum absolute atomic E-state index is 5.83. The molecule has 0 heterocycles. The van der Waals surface area contributed by atoms with Gasteiger partial charge in [0.05, 0.1) is 6.61 Å². The summed E-state index contributed by atoms with van der Waals surface area (Å²) < 4.78 is 5.83. The van der Waals surface area contributed by atoms with Crippen molar-refractivity contribution in [2.24, 2.45) is 5.92 Å². The molecule has 0 saturated carbocycles. The van der Waals surface area contributed by atoms with Gasteiger partial charge in [-0.05, 0) is 62.6 Å². The molecule has 136 valence electrons. The highest BCUT2D eigenvalue weighted by molar-refractivity contribution is 7.80. The third-order valence-corrected chi connectivity index (χ3v) is 4.83. The second-order valence-electron chi connectivity index (χ2n) is 6.97. The van der Waals surface area contributed by atoms with E-state index in [1.54, 1.807) is 0 Å². The van der Waals surface area contributed by atoms with Crippen LogP contribution in [0.3, 0.4) is 0 Å². The van der Waals surface area contributed by atoms with Gasteiger partial charge in [0, 0.05) is 13.0 Å². The molecular weight excluding hydrogens is 314 g/mol. The Labute approximate surface area is 154 Å². The molecule has 1 aromatic carbocycles. The average Bonchev–Trinajstić information content (AvgIpc) is 2.59. The molecule has 0 bridgehead atoms. The minimum Gasteiger partial charge on any atom is -0.487 e. The Kier molecular flexibility index (Phi) is 10.9. The van der Waals surface area contributed by atoms with Crippen LogP contribution in [0, 0.1) is 5.92 Å². The lowest BCUT2D eigenvalue weighted by Gasteiger charge is -2.16. The summed E-state index contributed by atoms with van der Waals surface area (Å²) >= 11 is 5.40. The second kappa shape index (κ2) is 12.4. The molecule has 0 aromatic heterocycles. The highest BCUT2D eigenvalue weighted by Gasteiger charge is 2.08. The number of nitrogens with zero attached hydrogens (tertiary/aromatic N) is 1. The molecule has 24 heavy (non-hydrogen) atoms. The van der Waals surface area contributed by atoms with Crippen LogP contribution in [-0.2, 0) is 17.6 Å². The summed E-state index contributed by atoms with van der Waals surface area (Å²) in [5, 5.41) is 0.765. The van der Waals surface area contributed by atoms with Crippen molar-refractivity contribution >= 4 is 17.3 Å². The van der Waals surface area contributed by atoms with Gasteiger partial charge in [0.25, 0.3) is 0 Å². The number of thiocarbonyl (C=S) groups is 1. The molecule has 0 N–H and O–H groups in total. The van der Waals surface area contributed by atoms with Crippen LogP contribution in [0.2, 0.25) is 0 Å². The van der Waals surface area contributed by atoms with Crippen LogP contribution in [0.15, 0.2) is 24.3 Å². The Morgan fingerprint density at radius 3 is 2.25 bits per heavy atom. The zero-order chi connectivity index (χ0) is 17.8. The van der Waals surface area contributed by atoms with Crippen molar-refractivity contribution in [3.8, 4) is 0 Å². The lowest BCUT2D eigenvalue weighted by Crippen LogP contribution is -2.15. The van der Waals surface area contributed by atoms with Crippen LogP contribution in [0.25, 0.3) is 0 Å². The van der Waals surface area contributed by atoms with E-state index in [-0.39, 0.29) is 0 Å². The van der Waals surface area contributed by atoms with Gasteiger partial charge in [-0.15, -0.1) is 0 Å². The normalized spacial score (nSPS) is 12.4. The number of unbranched alkanes of at least 4 members (excludes halogenated alkanes) is 1. The number of hydrogen-bond acceptors (Lipinski definition) is 3. The predicted octanol–water partition coefficient (Wildman–Crippen LogP) is 5.28. The highest BCUT2D eigenvalue weighted by Crippen LogP contribution is 2.14. The predicted molar refractivity (Wildman–Crippen MR) is 109 cm³/mol. The van der Waals surface area contributed by atoms with E-state index >= 15 is 0 Å². The van der Waals surface area contributed by atoms with Gasteiger partial charge in [-0.1, -0.05) is 57.4 Å². The molecule has 0 aliphatic heterocycles. The maximum Gasteiger partial charge on any atom is 0.160 e. The summed E-state index contributed by atoms with van der Waals surface area (Å²) in [4.78, 5) is 2.22. The lowest BCUT2D eigenvalue weighted by atomic mass is 10.0. The first-order chi connectivity index (χ1) is 11.5. The molecule has 1 atom stereocenters. The summed E-state index contributed by atoms with van der Waals surface area (Å²) in [5.41, 5.74) is 2.74. The summed E-state index contributed by atoms with van der Waals surface area (Å²) in [6, 6.07) is 8.93. The molecule has 0 radical (unpaired) electrons. The Morgan fingerprint density at radius 2 is 1.71 bits per heavy atom. The number of hydrogen-bond donors (Lipinski definition) is 0. The zero-order valence-corrected chi connectivity index (χ0v) is 16.8. The topological polar surface area (TPSA) is 12.5 Å². The van der Waals surface area contributed by atoms with Crippen LogP contribution < -0.4 is 0 Å². The van der Waals surface area contributed by atoms with E-state index in [4.69, 9.17) is 17.0 Å². The highest BCUT2D eigenvalue weighted by atomic mass is 32.1. The number of ether oxygens (including phenoxy) is 1. The fourth-order valence-corrected chi connectivity index (χ4v) is 2.82. The average molecular weight is 350 g/mol. The fourth-order valence-electron chi connectivity index (χ4n) is 2.65. The molecule has 0 spiro atoms. The quantitative estimate of drug-likeness (QED) is 0.476. The van der Waals surface area contributed by atoms with Crippen molar-refractivity contribution in [1.82, 2.24) is 4.90 Å². The molecule has 0 aliphatic rings. The van der Waals surface area contributed by atoms with Crippen molar-refractivity contribution in [1.29, 1.82) is 0 Å². The molecular formula is C21H35NOS. The molecule has 0 amide bonds. The lowest BCUT2D eigenvalue weighted by molar-refractivity contribution is 0.223. The summed E-state index contributed by atoms with van der Waals surface area (Å²) in [6.45, 7) is 6.36. The zero-order valence-electron chi connectivity index (χ0n) is 16.0. The molecule has 0 aliphatic carbocycles. The van der Waals surface area contributed by atoms with Crippen LogP contribution in [0.5, 0.6) is 0 Å². The number of rotatable bonds is 12. The monoisotopic (exact) mass is 349 g/mol. The van der Waals surface area contributed by atoms with Crippen LogP contribution >= 0.6 is 12.2 Å². The molecule has 2 nitrogen and oxygen atoms in total. The Morgan fingerprint density at radius 1 is 1.08 bits per heavy atom. The molecule has 0 saturated heterocycles. The van der Waals surface area contributed by atoms with E-state index in [0.29, 0.717) is 5.92 Å². The van der Waals surface area contributed by atoms with Crippen LogP contribution in [-0.4, -0.2) is 37.2 Å². The number of benzene rings is 1. The van der Waals surface area contributed by atoms with Gasteiger partial charge >= 0.3 is 0 Å². The number of likely N-dealkylation sites (N-methyl/N-ethyl adjacent to an activating group) is 1. The van der Waals surface area contributed by atoms with Crippen LogP contribution in [0.1, 0.15) is 57.1 Å². The molecule has 3 heteroatoms. The molecule has 1 rings (SSSR count). The van der Waals surface area contributed by atoms with Crippen LogP contribution in [0.4, 0.5) is 0 Å². The number of aryl methyl sites for hydroxylation is 1. The SMILES string of the molecule is CCCCC(CC)COC(=S)CCc1ccc(CCN(C)C)cc1. The van der Waals surface area contributed by atoms with Crippen molar-refractivity contribution in [2.75, 3.05) is 27.2 Å². The summed E-state index contributed by atoms with van der Waals surface area (Å²) in [5.74, 6) is 0.652. The summed E-state index contributed by atoms with van der Waals surface area (Å²) in [6.07, 6.45) is 7.89. The molecule has 1 aromatic rings. The molecule has 0 fully saturated rings. The van der Waals surface area contributed by atoms with Gasteiger partial charge in [-0.2, -0.15) is 0 Å². The van der Waals surface area contributed by atoms with E-state index in [1.165, 1.54) is 36.8 Å². The van der Waals surface area contributed by atoms with Crippen molar-refractivity contribution in [3.63, 3.8) is 0 Å². The van der Waals surface area contributed by atoms with Crippen molar-refractivity contribution in [3.05, 3.63) is 35.4 Å². The first kappa shape index (κ1) is 21.1. The molecule has 1 unspecified atom stereocenters. The van der Waals surface area contributed by atoms with E-state index in [9.17, 15) is 0 Å². The van der Waals surface area contributed by atoms with Gasteiger partial charge in [-0.25, -0.2) is 0 Å². The minimum atomic E-state index is 0.652. The largest absolute Gasteiger partial charge is 0.487 e. The van der Waals surface area contributed by atoms with E-state index < -0.39 is 0 Å². The first-order valence-electron chi connectivity index (χ1n) is 9.43. The van der Waals surface area contributed by atoms with Gasteiger partial charge in [0.15, 0.2) is 5.05 Å². The van der Waals surface area contributed by atoms with Gasteiger partial charge in [0.2, 0.25) is 0 Å². The summed E-state index contributed by atoms with van der Waals surface area (Å²) in [7, 11) is 4.22. The minimum absolute atomic E-state index is 0.652. The maximum atomic E-state index is 5.83. The van der Waals surface area contributed by atoms with Gasteiger partial charge < -0.3 is 9.64 Å². The van der Waals surface area contributed by atoms with Crippen molar-refractivity contribution < 1.29 is 4.74 Å². The van der Waals surface area contributed by atoms with E-state index in [1.807, 2.05) is 0 Å². The third-order valence-electron chi connectivity index (χ3n) is 4.51. The fraction of sp³-hybridized carbons (Fsp3) is 0.667. The Balaban J connectivity index is 2.28. The standard InChI is InChI=1S/C21H35NOS/c1-5-7-8-18(6-2)17-23-21(24)14-13-19-9-11-20(12-10-19)15-16-22(3)4/h9-12,18H,5-8,13-17H2,1-4H3. The van der Waals surface area contributed by atoms with Gasteiger partial charge in [0.1, 0.15) is 0 Å². The second-order valence-corrected chi connectivity index (χ2v) is 7.42. The first-order valence-corrected chi connectivity index (χ1v) is 9.84. The smallest absolute Gasteiger partial charge is 0.160 e. The Hall–Kier alpha value is -0.930. The van der Waals surface area contributed by atoms with Crippen molar-refractivity contribution in [2.45, 2.75) is 58.8 Å². The van der Waals surface area contributed by atoms with E-state index in [2.05, 4.69) is 57.1 Å². The Bertz CT molecular complexity index is 455. The van der Waals surface area contributed by atoms with Gasteiger partial charge in [-0.3, -0.25) is 0 Å².